The Bertz CT molecular complexity index is 1090. The molecule has 3 rings (SSSR count). The van der Waals surface area contributed by atoms with Crippen LogP contribution in [0.3, 0.4) is 0 Å². The molecule has 1 fully saturated rings. The van der Waals surface area contributed by atoms with E-state index in [4.69, 9.17) is 10.5 Å². The topological polar surface area (TPSA) is 124 Å². The van der Waals surface area contributed by atoms with Crippen molar-refractivity contribution >= 4 is 23.1 Å². The van der Waals surface area contributed by atoms with Crippen LogP contribution < -0.4 is 21.9 Å². The van der Waals surface area contributed by atoms with Crippen molar-refractivity contribution in [3.8, 4) is 0 Å². The van der Waals surface area contributed by atoms with Crippen LogP contribution in [-0.2, 0) is 22.3 Å². The number of hydrogen-bond acceptors (Lipinski definition) is 6. The van der Waals surface area contributed by atoms with Gasteiger partial charge in [0, 0.05) is 26.3 Å². The number of rotatable bonds is 7. The number of halogens is 3. The van der Waals surface area contributed by atoms with Crippen LogP contribution >= 0.6 is 0 Å². The van der Waals surface area contributed by atoms with Gasteiger partial charge in [0.05, 0.1) is 17.6 Å². The van der Waals surface area contributed by atoms with E-state index in [-0.39, 0.29) is 41.4 Å². The molecule has 0 saturated carbocycles. The first-order valence-electron chi connectivity index (χ1n) is 10.8. The van der Waals surface area contributed by atoms with E-state index in [1.54, 1.807) is 0 Å². The van der Waals surface area contributed by atoms with E-state index in [1.165, 1.54) is 25.5 Å². The Hall–Kier alpha value is -3.41. The van der Waals surface area contributed by atoms with Crippen LogP contribution in [0, 0.1) is 5.92 Å². The van der Waals surface area contributed by atoms with Crippen molar-refractivity contribution < 1.29 is 22.7 Å². The number of nitrogens with one attached hydrogen (secondary N) is 2. The number of hydrogen-bond donors (Lipinski definition) is 3. The second-order valence-corrected chi connectivity index (χ2v) is 8.00. The zero-order valence-corrected chi connectivity index (χ0v) is 18.9. The number of carbonyl (C=O) groups is 1. The molecule has 0 bridgehead atoms. The second-order valence-electron chi connectivity index (χ2n) is 8.00. The minimum absolute atomic E-state index is 0.0148. The summed E-state index contributed by atoms with van der Waals surface area (Å²) in [6.45, 7) is 3.02. The molecule has 0 unspecified atom stereocenters. The largest absolute Gasteiger partial charge is 0.416 e. The van der Waals surface area contributed by atoms with E-state index in [1.807, 2.05) is 6.92 Å². The van der Waals surface area contributed by atoms with E-state index in [0.717, 1.165) is 29.5 Å². The maximum atomic E-state index is 12.9. The van der Waals surface area contributed by atoms with E-state index in [0.29, 0.717) is 19.1 Å². The molecule has 1 aliphatic rings. The van der Waals surface area contributed by atoms with Crippen LogP contribution in [0.25, 0.3) is 0 Å². The first-order valence-corrected chi connectivity index (χ1v) is 10.8. The molecule has 1 aromatic carbocycles. The van der Waals surface area contributed by atoms with Crippen LogP contribution in [0.4, 0.5) is 24.5 Å². The molecule has 34 heavy (non-hydrogen) atoms. The molecule has 1 aliphatic heterocycles. The fourth-order valence-corrected chi connectivity index (χ4v) is 3.73. The van der Waals surface area contributed by atoms with Gasteiger partial charge in [-0.15, -0.1) is 0 Å². The predicted molar refractivity (Wildman–Crippen MR) is 121 cm³/mol. The number of amides is 1. The van der Waals surface area contributed by atoms with Gasteiger partial charge in [0.2, 0.25) is 5.91 Å². The highest BCUT2D eigenvalue weighted by atomic mass is 19.4. The Morgan fingerprint density at radius 1 is 1.29 bits per heavy atom. The minimum atomic E-state index is -4.46. The maximum Gasteiger partial charge on any atom is 0.416 e. The van der Waals surface area contributed by atoms with Crippen molar-refractivity contribution in [3.63, 3.8) is 0 Å². The summed E-state index contributed by atoms with van der Waals surface area (Å²) in [6.07, 6.45) is -1.56. The van der Waals surface area contributed by atoms with E-state index < -0.39 is 17.3 Å². The zero-order valence-electron chi connectivity index (χ0n) is 18.9. The normalized spacial score (nSPS) is 16.2. The number of carbonyl (C=O) groups excluding carboxylic acids is 1. The lowest BCUT2D eigenvalue weighted by Crippen LogP contribution is -2.43. The van der Waals surface area contributed by atoms with Crippen LogP contribution in [0.1, 0.15) is 31.0 Å². The smallest absolute Gasteiger partial charge is 0.382 e. The van der Waals surface area contributed by atoms with Crippen LogP contribution in [0.2, 0.25) is 0 Å². The molecular formula is C22H27F3N6O3. The Morgan fingerprint density at radius 2 is 1.94 bits per heavy atom. The molecular weight excluding hydrogens is 453 g/mol. The summed E-state index contributed by atoms with van der Waals surface area (Å²) in [5.41, 5.74) is 4.84. The van der Waals surface area contributed by atoms with Crippen molar-refractivity contribution in [3.05, 3.63) is 52.2 Å². The molecule has 2 aromatic rings. The highest BCUT2D eigenvalue weighted by Gasteiger charge is 2.30. The van der Waals surface area contributed by atoms with Gasteiger partial charge in [-0.1, -0.05) is 0 Å². The standard InChI is InChI=1S/C22H27F3N6O3/c1-13(14-7-9-34-10-8-14)29-17(32)11-31-12-28-18(19(27-2)21(31)33)20(26)30-16-5-3-15(4-6-16)22(23,24)25/h3-6,12-14,27H,7-11H2,1-2H3,(H2,26,30)(H,29,32)/t13-/m1/s1. The van der Waals surface area contributed by atoms with Crippen LogP contribution in [0.5, 0.6) is 0 Å². The lowest BCUT2D eigenvalue weighted by molar-refractivity contribution is -0.137. The molecule has 1 saturated heterocycles. The summed E-state index contributed by atoms with van der Waals surface area (Å²) in [6, 6.07) is 4.04. The van der Waals surface area contributed by atoms with Crippen molar-refractivity contribution in [2.24, 2.45) is 16.6 Å². The van der Waals surface area contributed by atoms with Gasteiger partial charge in [0.25, 0.3) is 5.56 Å². The van der Waals surface area contributed by atoms with Crippen LogP contribution in [-0.4, -0.2) is 47.6 Å². The summed E-state index contributed by atoms with van der Waals surface area (Å²) in [7, 11) is 1.49. The molecule has 4 N–H and O–H groups in total. The average molecular weight is 480 g/mol. The second kappa shape index (κ2) is 10.7. The Balaban J connectivity index is 1.75. The molecule has 1 atom stereocenters. The lowest BCUT2D eigenvalue weighted by atomic mass is 9.93. The number of benzene rings is 1. The van der Waals surface area contributed by atoms with Crippen molar-refractivity contribution in [2.45, 2.75) is 38.5 Å². The van der Waals surface area contributed by atoms with Gasteiger partial charge in [0.1, 0.15) is 17.9 Å². The average Bonchev–Trinajstić information content (AvgIpc) is 2.80. The summed E-state index contributed by atoms with van der Waals surface area (Å²) in [5.74, 6) is -0.181. The molecule has 9 nitrogen and oxygen atoms in total. The number of anilines is 1. The number of aliphatic imine (C=N–C) groups is 1. The molecule has 0 spiro atoms. The molecule has 0 radical (unpaired) electrons. The van der Waals surface area contributed by atoms with Gasteiger partial charge >= 0.3 is 6.18 Å². The van der Waals surface area contributed by atoms with Gasteiger partial charge in [-0.3, -0.25) is 14.2 Å². The zero-order chi connectivity index (χ0) is 24.9. The number of alkyl halides is 3. The van der Waals surface area contributed by atoms with E-state index >= 15 is 0 Å². The molecule has 12 heteroatoms. The predicted octanol–water partition coefficient (Wildman–Crippen LogP) is 2.27. The van der Waals surface area contributed by atoms with Gasteiger partial charge in [-0.25, -0.2) is 9.98 Å². The Kier molecular flexibility index (Phi) is 7.92. The number of ether oxygens (including phenoxy) is 1. The van der Waals surface area contributed by atoms with Gasteiger partial charge < -0.3 is 21.1 Å². The molecule has 1 aromatic heterocycles. The van der Waals surface area contributed by atoms with E-state index in [9.17, 15) is 22.8 Å². The first kappa shape index (κ1) is 25.2. The third kappa shape index (κ3) is 6.13. The first-order chi connectivity index (χ1) is 16.1. The Labute approximate surface area is 194 Å². The number of nitrogens with zero attached hydrogens (tertiary/aromatic N) is 3. The highest BCUT2D eigenvalue weighted by Crippen LogP contribution is 2.30. The van der Waals surface area contributed by atoms with Crippen molar-refractivity contribution in [1.82, 2.24) is 14.9 Å². The quantitative estimate of drug-likeness (QED) is 0.413. The summed E-state index contributed by atoms with van der Waals surface area (Å²) in [5, 5.41) is 5.63. The molecule has 1 amide bonds. The van der Waals surface area contributed by atoms with Gasteiger partial charge in [-0.2, -0.15) is 13.2 Å². The SMILES string of the molecule is CNc1c(C(N)=Nc2ccc(C(F)(F)F)cc2)ncn(CC(=O)N[C@H](C)C2CCOCC2)c1=O. The van der Waals surface area contributed by atoms with Crippen molar-refractivity contribution in [1.29, 1.82) is 0 Å². The third-order valence-electron chi connectivity index (χ3n) is 5.65. The maximum absolute atomic E-state index is 12.9. The fraction of sp³-hybridized carbons (Fsp3) is 0.455. The molecule has 2 heterocycles. The minimum Gasteiger partial charge on any atom is -0.382 e. The third-order valence-corrected chi connectivity index (χ3v) is 5.65. The Morgan fingerprint density at radius 3 is 2.53 bits per heavy atom. The van der Waals surface area contributed by atoms with Gasteiger partial charge in [0.15, 0.2) is 5.84 Å². The monoisotopic (exact) mass is 480 g/mol. The van der Waals surface area contributed by atoms with Crippen LogP contribution in [0.15, 0.2) is 40.4 Å². The number of aromatic nitrogens is 2. The summed E-state index contributed by atoms with van der Waals surface area (Å²) >= 11 is 0. The van der Waals surface area contributed by atoms with E-state index in [2.05, 4.69) is 20.6 Å². The number of nitrogens with two attached hydrogens (primary N) is 1. The van der Waals surface area contributed by atoms with Crippen molar-refractivity contribution in [2.75, 3.05) is 25.6 Å². The summed E-state index contributed by atoms with van der Waals surface area (Å²) in [4.78, 5) is 33.6. The fourth-order valence-electron chi connectivity index (χ4n) is 3.73. The molecule has 0 aliphatic carbocycles. The number of amidine groups is 1. The molecule has 184 valence electrons. The highest BCUT2D eigenvalue weighted by molar-refractivity contribution is 6.01. The summed E-state index contributed by atoms with van der Waals surface area (Å²) < 4.78 is 44.7. The lowest BCUT2D eigenvalue weighted by Gasteiger charge is -2.28. The van der Waals surface area contributed by atoms with Gasteiger partial charge in [-0.05, 0) is 49.9 Å².